The Hall–Kier alpha value is -2.05. The van der Waals surface area contributed by atoms with Gasteiger partial charge in [-0.3, -0.25) is 9.48 Å². The van der Waals surface area contributed by atoms with Gasteiger partial charge < -0.3 is 14.5 Å². The Morgan fingerprint density at radius 3 is 2.31 bits per heavy atom. The molecule has 0 saturated heterocycles. The van der Waals surface area contributed by atoms with Gasteiger partial charge in [0.2, 0.25) is 0 Å². The highest BCUT2D eigenvalue weighted by Gasteiger charge is 2.35. The van der Waals surface area contributed by atoms with E-state index < -0.39 is 5.60 Å². The molecule has 0 atom stereocenters. The maximum absolute atomic E-state index is 13.1. The molecule has 7 heteroatoms. The minimum atomic E-state index is -0.545. The summed E-state index contributed by atoms with van der Waals surface area (Å²) in [6.07, 6.45) is 0.307. The molecule has 0 N–H and O–H groups in total. The lowest BCUT2D eigenvalue weighted by Crippen LogP contribution is -2.46. The Morgan fingerprint density at radius 2 is 1.81 bits per heavy atom. The number of rotatable bonds is 2. The summed E-state index contributed by atoms with van der Waals surface area (Å²) in [5, 5.41) is 4.49. The van der Waals surface area contributed by atoms with Crippen molar-refractivity contribution >= 4 is 12.0 Å². The van der Waals surface area contributed by atoms with Gasteiger partial charge in [0.05, 0.1) is 6.54 Å². The van der Waals surface area contributed by atoms with Crippen molar-refractivity contribution in [3.8, 4) is 0 Å². The van der Waals surface area contributed by atoms with Crippen molar-refractivity contribution in [1.29, 1.82) is 0 Å². The number of nitrogens with zero attached hydrogens (tertiary/aromatic N) is 4. The summed E-state index contributed by atoms with van der Waals surface area (Å²) in [5.41, 5.74) is 1.44. The summed E-state index contributed by atoms with van der Waals surface area (Å²) in [4.78, 5) is 29.0. The number of aromatic nitrogens is 2. The molecule has 0 spiro atoms. The molecule has 0 unspecified atom stereocenters. The van der Waals surface area contributed by atoms with E-state index in [1.54, 1.807) is 9.58 Å². The highest BCUT2D eigenvalue weighted by molar-refractivity contribution is 5.94. The first-order chi connectivity index (χ1) is 11.8. The Labute approximate surface area is 156 Å². The molecule has 0 bridgehead atoms. The third-order valence-electron chi connectivity index (χ3n) is 4.47. The van der Waals surface area contributed by atoms with E-state index in [-0.39, 0.29) is 17.5 Å². The molecule has 0 aromatic carbocycles. The van der Waals surface area contributed by atoms with E-state index in [0.717, 1.165) is 11.3 Å². The first-order valence-electron chi connectivity index (χ1n) is 9.19. The summed E-state index contributed by atoms with van der Waals surface area (Å²) in [5.74, 6) is -0.0945. The first-order valence-corrected chi connectivity index (χ1v) is 9.19. The van der Waals surface area contributed by atoms with Crippen LogP contribution in [-0.2, 0) is 24.8 Å². The summed E-state index contributed by atoms with van der Waals surface area (Å²) in [6, 6.07) is 0. The van der Waals surface area contributed by atoms with E-state index in [0.29, 0.717) is 31.7 Å². The molecule has 0 radical (unpaired) electrons. The van der Waals surface area contributed by atoms with Crippen LogP contribution in [0.4, 0.5) is 4.79 Å². The van der Waals surface area contributed by atoms with E-state index >= 15 is 0 Å². The molecule has 0 aliphatic carbocycles. The average molecular weight is 364 g/mol. The third-order valence-corrected chi connectivity index (χ3v) is 4.47. The summed E-state index contributed by atoms with van der Waals surface area (Å²) < 4.78 is 7.26. The van der Waals surface area contributed by atoms with Gasteiger partial charge in [-0.25, -0.2) is 4.79 Å². The molecule has 26 heavy (non-hydrogen) atoms. The molecule has 1 aliphatic heterocycles. The van der Waals surface area contributed by atoms with Crippen LogP contribution in [0, 0.1) is 0 Å². The molecule has 0 fully saturated rings. The highest BCUT2D eigenvalue weighted by Crippen LogP contribution is 2.26. The largest absolute Gasteiger partial charge is 0.444 e. The molecular formula is C19H32N4O3. The molecule has 1 aromatic heterocycles. The lowest BCUT2D eigenvalue weighted by atomic mass is 10.0. The number of carbonyl (C=O) groups is 2. The molecule has 7 nitrogen and oxygen atoms in total. The van der Waals surface area contributed by atoms with Gasteiger partial charge in [0.1, 0.15) is 5.60 Å². The van der Waals surface area contributed by atoms with Gasteiger partial charge in [0, 0.05) is 43.4 Å². The molecule has 2 amide bonds. The fourth-order valence-electron chi connectivity index (χ4n) is 3.30. The smallest absolute Gasteiger partial charge is 0.410 e. The molecular weight excluding hydrogens is 332 g/mol. The Balaban J connectivity index is 2.32. The van der Waals surface area contributed by atoms with Crippen LogP contribution in [0.1, 0.15) is 70.2 Å². The predicted molar refractivity (Wildman–Crippen MR) is 100 cm³/mol. The zero-order valence-corrected chi connectivity index (χ0v) is 17.3. The van der Waals surface area contributed by atoms with Crippen LogP contribution >= 0.6 is 0 Å². The van der Waals surface area contributed by atoms with Crippen LogP contribution in [-0.4, -0.2) is 55.8 Å². The second kappa shape index (κ2) is 6.93. The molecule has 0 saturated carbocycles. The van der Waals surface area contributed by atoms with Crippen molar-refractivity contribution in [3.63, 3.8) is 0 Å². The lowest BCUT2D eigenvalue weighted by molar-refractivity contribution is 0.0220. The standard InChI is InChI=1S/C19H32N4O3/c1-9-23(18(2,3)4)16(24)15-13-12-22(17(25)26-19(5,6)7)11-10-14(13)21(8)20-15/h9-12H2,1-8H3. The van der Waals surface area contributed by atoms with Crippen molar-refractivity contribution in [2.75, 3.05) is 13.1 Å². The van der Waals surface area contributed by atoms with Crippen LogP contribution in [0.5, 0.6) is 0 Å². The van der Waals surface area contributed by atoms with Crippen LogP contribution in [0.3, 0.4) is 0 Å². The second-order valence-electron chi connectivity index (χ2n) is 8.77. The minimum absolute atomic E-state index is 0.0945. The van der Waals surface area contributed by atoms with Gasteiger partial charge >= 0.3 is 6.09 Å². The monoisotopic (exact) mass is 364 g/mol. The van der Waals surface area contributed by atoms with Gasteiger partial charge in [-0.1, -0.05) is 0 Å². The van der Waals surface area contributed by atoms with Crippen molar-refractivity contribution < 1.29 is 14.3 Å². The zero-order valence-electron chi connectivity index (χ0n) is 17.3. The number of carbonyl (C=O) groups excluding carboxylic acids is 2. The third kappa shape index (κ3) is 4.19. The van der Waals surface area contributed by atoms with Crippen molar-refractivity contribution in [1.82, 2.24) is 19.6 Å². The van der Waals surface area contributed by atoms with E-state index in [9.17, 15) is 9.59 Å². The van der Waals surface area contributed by atoms with Crippen molar-refractivity contribution in [2.45, 2.75) is 72.6 Å². The quantitative estimate of drug-likeness (QED) is 0.809. The maximum Gasteiger partial charge on any atom is 0.410 e. The Bertz CT molecular complexity index is 695. The number of hydrogen-bond donors (Lipinski definition) is 0. The topological polar surface area (TPSA) is 67.7 Å². The molecule has 2 heterocycles. The van der Waals surface area contributed by atoms with Crippen molar-refractivity contribution in [3.05, 3.63) is 17.0 Å². The summed E-state index contributed by atoms with van der Waals surface area (Å²) >= 11 is 0. The minimum Gasteiger partial charge on any atom is -0.444 e. The van der Waals surface area contributed by atoms with Crippen LogP contribution < -0.4 is 0 Å². The number of fused-ring (bicyclic) bond motifs is 1. The predicted octanol–water partition coefficient (Wildman–Crippen LogP) is 2.97. The van der Waals surface area contributed by atoms with E-state index in [2.05, 4.69) is 5.10 Å². The first kappa shape index (κ1) is 20.3. The van der Waals surface area contributed by atoms with Gasteiger partial charge in [-0.2, -0.15) is 5.10 Å². The number of hydrogen-bond acceptors (Lipinski definition) is 4. The van der Waals surface area contributed by atoms with Crippen LogP contribution in [0.15, 0.2) is 0 Å². The summed E-state index contributed by atoms with van der Waals surface area (Å²) in [6.45, 7) is 15.1. The number of amides is 2. The number of aryl methyl sites for hydroxylation is 1. The van der Waals surface area contributed by atoms with Gasteiger partial charge in [-0.05, 0) is 48.5 Å². The van der Waals surface area contributed by atoms with Crippen LogP contribution in [0.25, 0.3) is 0 Å². The lowest BCUT2D eigenvalue weighted by Gasteiger charge is -2.35. The van der Waals surface area contributed by atoms with E-state index in [1.807, 2.05) is 60.4 Å². The van der Waals surface area contributed by atoms with Crippen molar-refractivity contribution in [2.24, 2.45) is 7.05 Å². The summed E-state index contributed by atoms with van der Waals surface area (Å²) in [7, 11) is 1.85. The molecule has 2 rings (SSSR count). The molecule has 146 valence electrons. The Morgan fingerprint density at radius 1 is 1.19 bits per heavy atom. The number of ether oxygens (including phenoxy) is 1. The zero-order chi connectivity index (χ0) is 19.9. The van der Waals surface area contributed by atoms with E-state index in [4.69, 9.17) is 4.74 Å². The average Bonchev–Trinajstić information content (AvgIpc) is 2.81. The normalized spacial score (nSPS) is 14.8. The van der Waals surface area contributed by atoms with Gasteiger partial charge in [-0.15, -0.1) is 0 Å². The molecule has 1 aliphatic rings. The van der Waals surface area contributed by atoms with Gasteiger partial charge in [0.25, 0.3) is 5.91 Å². The van der Waals surface area contributed by atoms with E-state index in [1.165, 1.54) is 0 Å². The fourth-order valence-corrected chi connectivity index (χ4v) is 3.30. The van der Waals surface area contributed by atoms with Gasteiger partial charge in [0.15, 0.2) is 5.69 Å². The SMILES string of the molecule is CCN(C(=O)c1nn(C)c2c1CN(C(=O)OC(C)(C)C)CC2)C(C)(C)C. The van der Waals surface area contributed by atoms with Crippen LogP contribution in [0.2, 0.25) is 0 Å². The molecule has 1 aromatic rings. The Kier molecular flexibility index (Phi) is 5.40. The maximum atomic E-state index is 13.1. The fraction of sp³-hybridized carbons (Fsp3) is 0.737. The highest BCUT2D eigenvalue weighted by atomic mass is 16.6. The second-order valence-corrected chi connectivity index (χ2v) is 8.77.